The molecule has 4 aromatic rings. The van der Waals surface area contributed by atoms with Crippen LogP contribution in [0.25, 0.3) is 22.3 Å². The largest absolute Gasteiger partial charge is 0.473 e. The number of para-hydroxylation sites is 1. The fraction of sp³-hybridized carbons (Fsp3) is 0.405. The molecule has 0 saturated carbocycles. The van der Waals surface area contributed by atoms with Crippen LogP contribution in [0.15, 0.2) is 52.5 Å². The van der Waals surface area contributed by atoms with E-state index in [1.807, 2.05) is 30.3 Å². The van der Waals surface area contributed by atoms with E-state index in [1.54, 1.807) is 13.0 Å². The number of phosphoric ester groups is 1. The minimum Gasteiger partial charge on any atom is -0.460 e. The SMILES string of the molecule is CC[C@@]1(OP(=O)(O)OC[C@H]2O[C@@H](n3cnc4c3N=CN(C(C)=O)C[C@H]4OC(C)=O)C[C@@H]2OC(C)=O)C(=O)OCc2c1cc1n(c2=O)Cc2cc3ccccc3nc2-1. The summed E-state index contributed by atoms with van der Waals surface area (Å²) in [6, 6.07) is 11.0. The molecular formula is C37H37N6O13P. The van der Waals surface area contributed by atoms with Crippen molar-refractivity contribution in [1.82, 2.24) is 24.0 Å². The van der Waals surface area contributed by atoms with Gasteiger partial charge in [0, 0.05) is 43.7 Å². The standard InChI is InChI=1S/C37H37N6O13P/c1-5-37(25-11-27-32-23(10-22-8-6-7-9-26(22)40-32)13-42(27)35(47)24(25)15-51-36(37)48)56-57(49,50)52-16-30-28(53-20(3)45)12-31(55-30)43-18-38-33-29(54-21(4)46)14-41(19(2)44)17-39-34(33)43/h6-11,17-18,28-31H,5,12-16H2,1-4H3,(H,49,50)/t28-,29+,30+,31+,37-/m0/s1. The normalized spacial score (nSPS) is 24.4. The quantitative estimate of drug-likeness (QED) is 0.128. The second kappa shape index (κ2) is 14.4. The number of amides is 1. The van der Waals surface area contributed by atoms with Crippen molar-refractivity contribution in [3.05, 3.63) is 75.5 Å². The molecule has 1 fully saturated rings. The van der Waals surface area contributed by atoms with E-state index in [-0.39, 0.29) is 61.1 Å². The second-order valence-corrected chi connectivity index (χ2v) is 15.4. The van der Waals surface area contributed by atoms with Crippen LogP contribution >= 0.6 is 7.82 Å². The monoisotopic (exact) mass is 804 g/mol. The molecule has 298 valence electrons. The van der Waals surface area contributed by atoms with Crippen LogP contribution in [0.4, 0.5) is 5.82 Å². The number of phosphoric acid groups is 1. The van der Waals surface area contributed by atoms with E-state index in [4.69, 9.17) is 33.0 Å². The molecule has 0 radical (unpaired) electrons. The highest BCUT2D eigenvalue weighted by Crippen LogP contribution is 2.54. The number of hydrogen-bond donors (Lipinski definition) is 1. The first-order chi connectivity index (χ1) is 27.2. The van der Waals surface area contributed by atoms with E-state index in [1.165, 1.54) is 47.5 Å². The Balaban J connectivity index is 1.06. The summed E-state index contributed by atoms with van der Waals surface area (Å²) in [4.78, 5) is 89.9. The fourth-order valence-electron chi connectivity index (χ4n) is 7.69. The maximum Gasteiger partial charge on any atom is 0.473 e. The van der Waals surface area contributed by atoms with Crippen LogP contribution in [0.1, 0.15) is 75.3 Å². The Morgan fingerprint density at radius 1 is 1.09 bits per heavy atom. The van der Waals surface area contributed by atoms with Crippen LogP contribution in [-0.4, -0.2) is 84.4 Å². The lowest BCUT2D eigenvalue weighted by Gasteiger charge is -2.36. The number of carbonyl (C=O) groups excluding carboxylic acids is 4. The third-order valence-corrected chi connectivity index (χ3v) is 11.4. The number of imidazole rings is 1. The maximum atomic E-state index is 13.9. The molecule has 1 aromatic carbocycles. The highest BCUT2D eigenvalue weighted by atomic mass is 31.2. The first-order valence-electron chi connectivity index (χ1n) is 18.1. The smallest absolute Gasteiger partial charge is 0.460 e. The fourth-order valence-corrected chi connectivity index (χ4v) is 8.78. The molecule has 0 aliphatic carbocycles. The van der Waals surface area contributed by atoms with Crippen molar-refractivity contribution in [2.75, 3.05) is 13.2 Å². The minimum atomic E-state index is -5.20. The number of aromatic nitrogens is 4. The Morgan fingerprint density at radius 3 is 2.60 bits per heavy atom. The summed E-state index contributed by atoms with van der Waals surface area (Å²) in [5.41, 5.74) is 0.134. The Kier molecular flexibility index (Phi) is 9.68. The van der Waals surface area contributed by atoms with Crippen LogP contribution in [0.5, 0.6) is 0 Å². The van der Waals surface area contributed by atoms with Crippen LogP contribution in [0.2, 0.25) is 0 Å². The Labute approximate surface area is 323 Å². The van der Waals surface area contributed by atoms with Crippen molar-refractivity contribution in [3.63, 3.8) is 0 Å². The summed E-state index contributed by atoms with van der Waals surface area (Å²) in [6.45, 7) is 4.44. The molecule has 1 unspecified atom stereocenters. The summed E-state index contributed by atoms with van der Waals surface area (Å²) in [5.74, 6) is -2.41. The zero-order valence-corrected chi connectivity index (χ0v) is 32.0. The highest BCUT2D eigenvalue weighted by Gasteiger charge is 2.53. The average Bonchev–Trinajstić information content (AvgIpc) is 3.83. The van der Waals surface area contributed by atoms with E-state index in [2.05, 4.69) is 9.98 Å². The van der Waals surface area contributed by atoms with Crippen molar-refractivity contribution in [1.29, 1.82) is 0 Å². The van der Waals surface area contributed by atoms with E-state index < -0.39 is 68.0 Å². The summed E-state index contributed by atoms with van der Waals surface area (Å²) in [5, 5.41) is 0.890. The van der Waals surface area contributed by atoms with Crippen LogP contribution < -0.4 is 5.56 Å². The number of pyridine rings is 2. The molecule has 0 bridgehead atoms. The number of ether oxygens (including phenoxy) is 4. The first kappa shape index (κ1) is 38.3. The lowest BCUT2D eigenvalue weighted by molar-refractivity contribution is -0.171. The molecule has 3 aromatic heterocycles. The van der Waals surface area contributed by atoms with Crippen LogP contribution in [0.3, 0.4) is 0 Å². The molecule has 8 rings (SSSR count). The molecule has 1 amide bonds. The van der Waals surface area contributed by atoms with Gasteiger partial charge in [-0.25, -0.2) is 24.3 Å². The maximum absolute atomic E-state index is 13.9. The highest BCUT2D eigenvalue weighted by molar-refractivity contribution is 7.47. The van der Waals surface area contributed by atoms with Gasteiger partial charge in [0.2, 0.25) is 11.5 Å². The van der Waals surface area contributed by atoms with E-state index in [0.29, 0.717) is 16.9 Å². The van der Waals surface area contributed by atoms with Gasteiger partial charge in [0.15, 0.2) is 11.9 Å². The number of esters is 3. The minimum absolute atomic E-state index is 0.00954. The summed E-state index contributed by atoms with van der Waals surface area (Å²) < 4.78 is 50.6. The number of fused-ring (bicyclic) bond motifs is 6. The number of rotatable bonds is 9. The van der Waals surface area contributed by atoms with Gasteiger partial charge < -0.3 is 28.4 Å². The molecule has 19 nitrogen and oxygen atoms in total. The topological polar surface area (TPSA) is 229 Å². The molecule has 57 heavy (non-hydrogen) atoms. The van der Waals surface area contributed by atoms with E-state index in [9.17, 15) is 33.4 Å². The van der Waals surface area contributed by atoms with Crippen molar-refractivity contribution < 1.29 is 56.6 Å². The van der Waals surface area contributed by atoms with E-state index in [0.717, 1.165) is 10.9 Å². The number of benzene rings is 1. The van der Waals surface area contributed by atoms with Crippen molar-refractivity contribution in [3.8, 4) is 11.4 Å². The Hall–Kier alpha value is -5.59. The summed E-state index contributed by atoms with van der Waals surface area (Å²) in [6.07, 6.45) is -1.59. The molecule has 4 aliphatic rings. The molecule has 0 spiro atoms. The predicted octanol–water partition coefficient (Wildman–Crippen LogP) is 3.46. The molecule has 4 aliphatic heterocycles. The molecule has 1 N–H and O–H groups in total. The van der Waals surface area contributed by atoms with Gasteiger partial charge >= 0.3 is 25.7 Å². The van der Waals surface area contributed by atoms with Crippen LogP contribution in [-0.2, 0) is 70.5 Å². The number of aliphatic imine (C=N–C) groups is 1. The third kappa shape index (κ3) is 6.84. The number of carbonyl (C=O) groups is 4. The van der Waals surface area contributed by atoms with Crippen molar-refractivity contribution >= 4 is 54.7 Å². The summed E-state index contributed by atoms with van der Waals surface area (Å²) >= 11 is 0. The van der Waals surface area contributed by atoms with Gasteiger partial charge in [0.05, 0.1) is 54.8 Å². The van der Waals surface area contributed by atoms with Gasteiger partial charge in [-0.15, -0.1) is 0 Å². The van der Waals surface area contributed by atoms with Crippen LogP contribution in [0, 0.1) is 0 Å². The average molecular weight is 805 g/mol. The number of hydrogen-bond acceptors (Lipinski definition) is 15. The van der Waals surface area contributed by atoms with Gasteiger partial charge in [-0.2, -0.15) is 0 Å². The number of cyclic esters (lactones) is 1. The van der Waals surface area contributed by atoms with Gasteiger partial charge in [0.25, 0.3) is 5.56 Å². The zero-order chi connectivity index (χ0) is 40.4. The third-order valence-electron chi connectivity index (χ3n) is 10.4. The lowest BCUT2D eigenvalue weighted by atomic mass is 9.86. The zero-order valence-electron chi connectivity index (χ0n) is 31.1. The van der Waals surface area contributed by atoms with Gasteiger partial charge in [-0.3, -0.25) is 37.7 Å². The van der Waals surface area contributed by atoms with Crippen molar-refractivity contribution in [2.45, 2.75) is 83.8 Å². The van der Waals surface area contributed by atoms with E-state index >= 15 is 0 Å². The predicted molar refractivity (Wildman–Crippen MR) is 196 cm³/mol. The Bertz CT molecular complexity index is 2500. The van der Waals surface area contributed by atoms with Gasteiger partial charge in [0.1, 0.15) is 30.7 Å². The molecule has 7 heterocycles. The molecule has 20 heteroatoms. The molecule has 6 atom stereocenters. The van der Waals surface area contributed by atoms with Gasteiger partial charge in [-0.1, -0.05) is 25.1 Å². The molecule has 1 saturated heterocycles. The summed E-state index contributed by atoms with van der Waals surface area (Å²) in [7, 11) is -5.20. The second-order valence-electron chi connectivity index (χ2n) is 14.0. The number of nitrogens with zero attached hydrogens (tertiary/aromatic N) is 6. The van der Waals surface area contributed by atoms with Crippen molar-refractivity contribution in [2.24, 2.45) is 4.99 Å². The first-order valence-corrected chi connectivity index (χ1v) is 19.6. The lowest BCUT2D eigenvalue weighted by Crippen LogP contribution is -2.46. The Morgan fingerprint density at radius 2 is 1.86 bits per heavy atom. The van der Waals surface area contributed by atoms with Gasteiger partial charge in [-0.05, 0) is 24.6 Å². The molecular weight excluding hydrogens is 767 g/mol.